The van der Waals surface area contributed by atoms with Crippen LogP contribution in [0.15, 0.2) is 48.5 Å². The quantitative estimate of drug-likeness (QED) is 0.904. The third kappa shape index (κ3) is 3.68. The molecule has 0 radical (unpaired) electrons. The highest BCUT2D eigenvalue weighted by Gasteiger charge is 2.29. The van der Waals surface area contributed by atoms with Crippen LogP contribution in [-0.4, -0.2) is 35.4 Å². The second-order valence-electron chi connectivity index (χ2n) is 7.33. The molecule has 1 fully saturated rings. The zero-order valence-corrected chi connectivity index (χ0v) is 15.5. The van der Waals surface area contributed by atoms with Crippen molar-refractivity contribution in [3.05, 3.63) is 59.7 Å². The number of anilines is 1. The van der Waals surface area contributed by atoms with Gasteiger partial charge in [-0.2, -0.15) is 0 Å². The molecule has 2 aromatic rings. The van der Waals surface area contributed by atoms with Crippen LogP contribution in [0.3, 0.4) is 0 Å². The fraction of sp³-hybridized carbons (Fsp3) is 0.364. The molecule has 0 bridgehead atoms. The first kappa shape index (κ1) is 17.6. The molecule has 0 aliphatic carbocycles. The first-order valence-electron chi connectivity index (χ1n) is 9.58. The average molecular weight is 364 g/mol. The third-order valence-corrected chi connectivity index (χ3v) is 5.38. The minimum absolute atomic E-state index is 0.0304. The lowest BCUT2D eigenvalue weighted by Crippen LogP contribution is -2.42. The molecule has 5 heteroatoms. The van der Waals surface area contributed by atoms with Gasteiger partial charge in [-0.15, -0.1) is 0 Å². The highest BCUT2D eigenvalue weighted by Crippen LogP contribution is 2.29. The van der Waals surface area contributed by atoms with Crippen molar-refractivity contribution in [3.8, 4) is 5.75 Å². The summed E-state index contributed by atoms with van der Waals surface area (Å²) in [5.41, 5.74) is 2.27. The Bertz CT molecular complexity index is 839. The van der Waals surface area contributed by atoms with E-state index in [4.69, 9.17) is 4.74 Å². The Kier molecular flexibility index (Phi) is 4.84. The minimum Gasteiger partial charge on any atom is -0.480 e. The van der Waals surface area contributed by atoms with Crippen molar-refractivity contribution in [2.45, 2.75) is 44.8 Å². The lowest BCUT2D eigenvalue weighted by atomic mass is 10.0. The maximum atomic E-state index is 12.8. The average Bonchev–Trinajstić information content (AvgIpc) is 3.12. The number of hydrogen-bond acceptors (Lipinski definition) is 3. The number of para-hydroxylation sites is 1. The van der Waals surface area contributed by atoms with E-state index in [9.17, 15) is 9.59 Å². The summed E-state index contributed by atoms with van der Waals surface area (Å²) in [6, 6.07) is 15.1. The van der Waals surface area contributed by atoms with Crippen LogP contribution in [-0.2, 0) is 11.2 Å². The fourth-order valence-corrected chi connectivity index (χ4v) is 3.85. The highest BCUT2D eigenvalue weighted by atomic mass is 16.5. The van der Waals surface area contributed by atoms with Crippen LogP contribution in [0.25, 0.3) is 0 Å². The van der Waals surface area contributed by atoms with Crippen molar-refractivity contribution in [2.75, 3.05) is 11.9 Å². The Morgan fingerprint density at radius 1 is 1.11 bits per heavy atom. The van der Waals surface area contributed by atoms with E-state index >= 15 is 0 Å². The first-order valence-corrected chi connectivity index (χ1v) is 9.58. The van der Waals surface area contributed by atoms with Crippen molar-refractivity contribution in [2.24, 2.45) is 0 Å². The van der Waals surface area contributed by atoms with Crippen molar-refractivity contribution in [1.29, 1.82) is 0 Å². The molecule has 0 spiro atoms. The summed E-state index contributed by atoms with van der Waals surface area (Å²) in [6.45, 7) is 2.89. The maximum Gasteiger partial charge on any atom is 0.265 e. The molecule has 5 nitrogen and oxygen atoms in total. The number of rotatable bonds is 3. The van der Waals surface area contributed by atoms with Gasteiger partial charge in [0.2, 0.25) is 0 Å². The van der Waals surface area contributed by atoms with E-state index in [2.05, 4.69) is 12.2 Å². The van der Waals surface area contributed by atoms with Gasteiger partial charge in [0.25, 0.3) is 11.8 Å². The second-order valence-corrected chi connectivity index (χ2v) is 7.33. The van der Waals surface area contributed by atoms with Gasteiger partial charge < -0.3 is 15.0 Å². The standard InChI is InChI=1S/C22H24N2O3/c1-15-7-4-5-12-24(15)22(26)17-9-6-10-18(13-17)23-21(25)20-14-16-8-2-3-11-19(16)27-20/h2-3,6,8-11,13,15,20H,4-5,7,12,14H2,1H3,(H,23,25). The molecule has 0 saturated carbocycles. The molecule has 2 amide bonds. The molecular weight excluding hydrogens is 340 g/mol. The van der Waals surface area contributed by atoms with Gasteiger partial charge >= 0.3 is 0 Å². The number of piperidine rings is 1. The number of amides is 2. The van der Waals surface area contributed by atoms with Gasteiger partial charge in [0, 0.05) is 30.3 Å². The number of hydrogen-bond donors (Lipinski definition) is 1. The van der Waals surface area contributed by atoms with E-state index in [-0.39, 0.29) is 17.9 Å². The zero-order chi connectivity index (χ0) is 18.8. The van der Waals surface area contributed by atoms with Gasteiger partial charge in [-0.05, 0) is 56.0 Å². The largest absolute Gasteiger partial charge is 0.480 e. The Hall–Kier alpha value is -2.82. The number of fused-ring (bicyclic) bond motifs is 1. The van der Waals surface area contributed by atoms with Crippen LogP contribution in [0.4, 0.5) is 5.69 Å². The van der Waals surface area contributed by atoms with Crippen LogP contribution >= 0.6 is 0 Å². The number of carbonyl (C=O) groups excluding carboxylic acids is 2. The lowest BCUT2D eigenvalue weighted by Gasteiger charge is -2.33. The van der Waals surface area contributed by atoms with E-state index in [1.54, 1.807) is 18.2 Å². The van der Waals surface area contributed by atoms with E-state index in [0.29, 0.717) is 17.7 Å². The van der Waals surface area contributed by atoms with Gasteiger partial charge in [-0.3, -0.25) is 9.59 Å². The summed E-state index contributed by atoms with van der Waals surface area (Å²) in [7, 11) is 0. The second kappa shape index (κ2) is 7.43. The number of nitrogens with zero attached hydrogens (tertiary/aromatic N) is 1. The van der Waals surface area contributed by atoms with E-state index < -0.39 is 6.10 Å². The molecule has 2 atom stereocenters. The minimum atomic E-state index is -0.538. The normalized spacial score (nSPS) is 21.3. The molecule has 2 aromatic carbocycles. The third-order valence-electron chi connectivity index (χ3n) is 5.38. The van der Waals surface area contributed by atoms with Crippen LogP contribution in [0.5, 0.6) is 5.75 Å². The zero-order valence-electron chi connectivity index (χ0n) is 15.5. The van der Waals surface area contributed by atoms with Crippen LogP contribution in [0, 0.1) is 0 Å². The number of benzene rings is 2. The Labute approximate surface area is 159 Å². The van der Waals surface area contributed by atoms with E-state index in [0.717, 1.165) is 30.7 Å². The lowest BCUT2D eigenvalue weighted by molar-refractivity contribution is -0.122. The van der Waals surface area contributed by atoms with Gasteiger partial charge in [0.05, 0.1) is 0 Å². The predicted molar refractivity (Wildman–Crippen MR) is 104 cm³/mol. The van der Waals surface area contributed by atoms with Gasteiger partial charge in [0.15, 0.2) is 6.10 Å². The number of likely N-dealkylation sites (tertiary alicyclic amines) is 1. The van der Waals surface area contributed by atoms with Crippen LogP contribution in [0.2, 0.25) is 0 Å². The Morgan fingerprint density at radius 2 is 1.96 bits per heavy atom. The molecule has 2 heterocycles. The molecular formula is C22H24N2O3. The van der Waals surface area contributed by atoms with Crippen molar-refractivity contribution >= 4 is 17.5 Å². The Balaban J connectivity index is 1.44. The number of nitrogens with one attached hydrogen (secondary N) is 1. The summed E-state index contributed by atoms with van der Waals surface area (Å²) in [4.78, 5) is 27.4. The molecule has 1 N–H and O–H groups in total. The maximum absolute atomic E-state index is 12.8. The summed E-state index contributed by atoms with van der Waals surface area (Å²) in [5.74, 6) is 0.602. The highest BCUT2D eigenvalue weighted by molar-refractivity contribution is 5.98. The molecule has 2 aliphatic heterocycles. The van der Waals surface area contributed by atoms with E-state index in [1.807, 2.05) is 35.2 Å². The van der Waals surface area contributed by atoms with E-state index in [1.165, 1.54) is 6.42 Å². The van der Waals surface area contributed by atoms with Gasteiger partial charge in [-0.1, -0.05) is 24.3 Å². The molecule has 4 rings (SSSR count). The predicted octanol–water partition coefficient (Wildman–Crippen LogP) is 3.64. The smallest absolute Gasteiger partial charge is 0.265 e. The van der Waals surface area contributed by atoms with Crippen molar-refractivity contribution < 1.29 is 14.3 Å². The van der Waals surface area contributed by atoms with Crippen LogP contribution in [0.1, 0.15) is 42.1 Å². The molecule has 1 saturated heterocycles. The Morgan fingerprint density at radius 3 is 2.78 bits per heavy atom. The number of ether oxygens (including phenoxy) is 1. The van der Waals surface area contributed by atoms with Crippen molar-refractivity contribution in [1.82, 2.24) is 4.90 Å². The summed E-state index contributed by atoms with van der Waals surface area (Å²) in [6.07, 6.45) is 3.29. The molecule has 2 unspecified atom stereocenters. The topological polar surface area (TPSA) is 58.6 Å². The summed E-state index contributed by atoms with van der Waals surface area (Å²) < 4.78 is 5.74. The van der Waals surface area contributed by atoms with Crippen molar-refractivity contribution in [3.63, 3.8) is 0 Å². The summed E-state index contributed by atoms with van der Waals surface area (Å²) >= 11 is 0. The first-order chi connectivity index (χ1) is 13.1. The molecule has 27 heavy (non-hydrogen) atoms. The van der Waals surface area contributed by atoms with Gasteiger partial charge in [-0.25, -0.2) is 0 Å². The summed E-state index contributed by atoms with van der Waals surface area (Å²) in [5, 5.41) is 2.89. The molecule has 0 aromatic heterocycles. The van der Waals surface area contributed by atoms with Gasteiger partial charge in [0.1, 0.15) is 5.75 Å². The fourth-order valence-electron chi connectivity index (χ4n) is 3.85. The molecule has 140 valence electrons. The number of carbonyl (C=O) groups is 2. The molecule has 2 aliphatic rings. The SMILES string of the molecule is CC1CCCCN1C(=O)c1cccc(NC(=O)C2Cc3ccccc3O2)c1. The van der Waals surface area contributed by atoms with Crippen LogP contribution < -0.4 is 10.1 Å². The monoisotopic (exact) mass is 364 g/mol.